The Kier molecular flexibility index (Phi) is 6.80. The molecular weight excluding hydrogens is 408 g/mol. The van der Waals surface area contributed by atoms with E-state index >= 15 is 0 Å². The first kappa shape index (κ1) is 22.1. The summed E-state index contributed by atoms with van der Waals surface area (Å²) in [5.41, 5.74) is 0.145. The number of alkyl halides is 2. The number of amides is 2. The zero-order valence-electron chi connectivity index (χ0n) is 15.8. The van der Waals surface area contributed by atoms with Gasteiger partial charge in [0, 0.05) is 39.0 Å². The molecule has 0 saturated carbocycles. The molecule has 0 spiro atoms. The van der Waals surface area contributed by atoms with Gasteiger partial charge in [-0.3, -0.25) is 10.1 Å². The Morgan fingerprint density at radius 2 is 1.93 bits per heavy atom. The Morgan fingerprint density at radius 3 is 2.52 bits per heavy atom. The molecule has 0 radical (unpaired) electrons. The van der Waals surface area contributed by atoms with Crippen molar-refractivity contribution >= 4 is 39.0 Å². The number of nitrogens with zero attached hydrogens (tertiary/aromatic N) is 3. The van der Waals surface area contributed by atoms with E-state index in [-0.39, 0.29) is 35.1 Å². The highest BCUT2D eigenvalue weighted by molar-refractivity contribution is 7.91. The van der Waals surface area contributed by atoms with E-state index in [2.05, 4.69) is 20.6 Å². The zero-order chi connectivity index (χ0) is 21.8. The summed E-state index contributed by atoms with van der Waals surface area (Å²) in [6.45, 7) is 1.61. The van der Waals surface area contributed by atoms with E-state index in [1.54, 1.807) is 6.92 Å². The fourth-order valence-corrected chi connectivity index (χ4v) is 3.03. The van der Waals surface area contributed by atoms with Gasteiger partial charge in [0.2, 0.25) is 9.84 Å². The van der Waals surface area contributed by atoms with Crippen molar-refractivity contribution < 1.29 is 26.8 Å². The van der Waals surface area contributed by atoms with E-state index < -0.39 is 26.5 Å². The van der Waals surface area contributed by atoms with Gasteiger partial charge in [0.1, 0.15) is 16.5 Å². The van der Waals surface area contributed by atoms with Crippen LogP contribution in [0, 0.1) is 0 Å². The molecule has 29 heavy (non-hydrogen) atoms. The molecule has 156 valence electrons. The maximum atomic E-state index is 13.0. The number of urea groups is 1. The van der Waals surface area contributed by atoms with Gasteiger partial charge in [-0.1, -0.05) is 6.92 Å². The summed E-state index contributed by atoms with van der Waals surface area (Å²) >= 11 is 0. The molecule has 2 N–H and O–H groups in total. The van der Waals surface area contributed by atoms with Crippen LogP contribution < -0.4 is 10.6 Å². The van der Waals surface area contributed by atoms with E-state index in [0.717, 1.165) is 6.07 Å². The van der Waals surface area contributed by atoms with Crippen LogP contribution in [-0.4, -0.2) is 55.0 Å². The molecule has 0 bridgehead atoms. The number of pyridine rings is 2. The van der Waals surface area contributed by atoms with Crippen LogP contribution in [0.2, 0.25) is 0 Å². The molecule has 0 aromatic carbocycles. The largest absolute Gasteiger partial charge is 0.341 e. The SMILES string of the molecule is CCC(=O)c1cnc(NC(=O)N(C)C)cc1Nc1ncccc1S(=O)(=O)C(F)F. The molecule has 2 heterocycles. The van der Waals surface area contributed by atoms with Crippen LogP contribution >= 0.6 is 0 Å². The minimum absolute atomic E-state index is 0.0605. The predicted octanol–water partition coefficient (Wildman–Crippen LogP) is 2.90. The fraction of sp³-hybridized carbons (Fsp3) is 0.294. The molecule has 12 heteroatoms. The van der Waals surface area contributed by atoms with Gasteiger partial charge < -0.3 is 10.2 Å². The lowest BCUT2D eigenvalue weighted by molar-refractivity contribution is 0.0988. The highest BCUT2D eigenvalue weighted by Gasteiger charge is 2.30. The second-order valence-electron chi connectivity index (χ2n) is 6.00. The lowest BCUT2D eigenvalue weighted by Gasteiger charge is -2.16. The second-order valence-corrected chi connectivity index (χ2v) is 7.88. The van der Waals surface area contributed by atoms with E-state index in [0.29, 0.717) is 0 Å². The third-order valence-corrected chi connectivity index (χ3v) is 5.14. The van der Waals surface area contributed by atoms with Gasteiger partial charge in [-0.25, -0.2) is 23.2 Å². The molecule has 9 nitrogen and oxygen atoms in total. The third kappa shape index (κ3) is 5.02. The number of anilines is 3. The Bertz CT molecular complexity index is 1030. The van der Waals surface area contributed by atoms with Crippen molar-refractivity contribution in [3.8, 4) is 0 Å². The number of carbonyl (C=O) groups is 2. The molecular formula is C17H19F2N5O4S. The molecule has 0 aliphatic carbocycles. The maximum Gasteiger partial charge on any atom is 0.341 e. The van der Waals surface area contributed by atoms with Gasteiger partial charge in [-0.2, -0.15) is 8.78 Å². The topological polar surface area (TPSA) is 121 Å². The van der Waals surface area contributed by atoms with E-state index in [1.165, 1.54) is 43.5 Å². The predicted molar refractivity (Wildman–Crippen MR) is 102 cm³/mol. The first-order chi connectivity index (χ1) is 13.6. The standard InChI is InChI=1S/C17H19F2N5O4S/c1-4-12(25)10-9-21-14(23-17(26)24(2)3)8-11(10)22-15-13(6-5-7-20-15)29(27,28)16(18)19/h5-9,16H,4H2,1-3H3,(H2,20,21,22,23,26). The van der Waals surface area contributed by atoms with Crippen LogP contribution in [0.25, 0.3) is 0 Å². The number of ketones is 1. The summed E-state index contributed by atoms with van der Waals surface area (Å²) in [6, 6.07) is 2.98. The zero-order valence-corrected chi connectivity index (χ0v) is 16.6. The Morgan fingerprint density at radius 1 is 1.24 bits per heavy atom. The highest BCUT2D eigenvalue weighted by Crippen LogP contribution is 2.29. The summed E-state index contributed by atoms with van der Waals surface area (Å²) in [7, 11) is -1.92. The van der Waals surface area contributed by atoms with E-state index in [1.807, 2.05) is 0 Å². The van der Waals surface area contributed by atoms with Crippen molar-refractivity contribution in [3.05, 3.63) is 36.2 Å². The average Bonchev–Trinajstić information content (AvgIpc) is 2.67. The van der Waals surface area contributed by atoms with Gasteiger partial charge >= 0.3 is 11.8 Å². The highest BCUT2D eigenvalue weighted by atomic mass is 32.2. The Labute approximate surface area is 166 Å². The minimum atomic E-state index is -4.94. The number of aromatic nitrogens is 2. The van der Waals surface area contributed by atoms with Gasteiger partial charge in [0.25, 0.3) is 0 Å². The maximum absolute atomic E-state index is 13.0. The van der Waals surface area contributed by atoms with Crippen LogP contribution in [0.5, 0.6) is 0 Å². The molecule has 0 aliphatic rings. The summed E-state index contributed by atoms with van der Waals surface area (Å²) in [5, 5.41) is 5.09. The number of Topliss-reactive ketones (excluding diaryl/α,β-unsaturated/α-hetero) is 1. The molecule has 2 aromatic heterocycles. The van der Waals surface area contributed by atoms with Crippen molar-refractivity contribution in [1.29, 1.82) is 0 Å². The number of halogens is 2. The lowest BCUT2D eigenvalue weighted by Crippen LogP contribution is -2.27. The fourth-order valence-electron chi connectivity index (χ4n) is 2.20. The van der Waals surface area contributed by atoms with Gasteiger partial charge in [0.15, 0.2) is 5.78 Å². The molecule has 0 saturated heterocycles. The summed E-state index contributed by atoms with van der Waals surface area (Å²) in [4.78, 5) is 32.4. The number of carbonyl (C=O) groups excluding carboxylic acids is 2. The average molecular weight is 427 g/mol. The molecule has 0 unspecified atom stereocenters. The molecule has 2 amide bonds. The molecule has 2 aromatic rings. The Hall–Kier alpha value is -3.15. The van der Waals surface area contributed by atoms with Gasteiger partial charge in [0.05, 0.1) is 11.3 Å². The Balaban J connectivity index is 2.54. The summed E-state index contributed by atoms with van der Waals surface area (Å²) in [6.07, 6.45) is 2.53. The van der Waals surface area contributed by atoms with Crippen molar-refractivity contribution in [2.75, 3.05) is 24.7 Å². The van der Waals surface area contributed by atoms with Crippen LogP contribution in [-0.2, 0) is 9.84 Å². The first-order valence-corrected chi connectivity index (χ1v) is 9.88. The van der Waals surface area contributed by atoms with Crippen molar-refractivity contribution in [2.45, 2.75) is 24.0 Å². The second kappa shape index (κ2) is 8.90. The molecule has 2 rings (SSSR count). The molecule has 0 atom stereocenters. The van der Waals surface area contributed by atoms with E-state index in [4.69, 9.17) is 0 Å². The monoisotopic (exact) mass is 427 g/mol. The molecule has 0 fully saturated rings. The number of hydrogen-bond donors (Lipinski definition) is 2. The normalized spacial score (nSPS) is 11.2. The van der Waals surface area contributed by atoms with Crippen LogP contribution in [0.15, 0.2) is 35.5 Å². The smallest absolute Gasteiger partial charge is 0.338 e. The van der Waals surface area contributed by atoms with Crippen LogP contribution in [0.3, 0.4) is 0 Å². The first-order valence-electron chi connectivity index (χ1n) is 8.33. The van der Waals surface area contributed by atoms with Gasteiger partial charge in [-0.15, -0.1) is 0 Å². The summed E-state index contributed by atoms with van der Waals surface area (Å²) in [5.74, 6) is -4.29. The van der Waals surface area contributed by atoms with Gasteiger partial charge in [-0.05, 0) is 12.1 Å². The summed E-state index contributed by atoms with van der Waals surface area (Å²) < 4.78 is 49.9. The quantitative estimate of drug-likeness (QED) is 0.652. The van der Waals surface area contributed by atoms with Crippen LogP contribution in [0.1, 0.15) is 23.7 Å². The van der Waals surface area contributed by atoms with E-state index in [9.17, 15) is 26.8 Å². The number of sulfone groups is 1. The minimum Gasteiger partial charge on any atom is -0.338 e. The van der Waals surface area contributed by atoms with Crippen molar-refractivity contribution in [3.63, 3.8) is 0 Å². The van der Waals surface area contributed by atoms with Crippen LogP contribution in [0.4, 0.5) is 30.9 Å². The molecule has 0 aliphatic heterocycles. The van der Waals surface area contributed by atoms with Crippen molar-refractivity contribution in [2.24, 2.45) is 0 Å². The number of hydrogen-bond acceptors (Lipinski definition) is 7. The third-order valence-electron chi connectivity index (χ3n) is 3.73. The number of nitrogens with one attached hydrogen (secondary N) is 2. The van der Waals surface area contributed by atoms with Crippen molar-refractivity contribution in [1.82, 2.24) is 14.9 Å². The number of rotatable bonds is 7. The lowest BCUT2D eigenvalue weighted by atomic mass is 10.1.